The number of rotatable bonds is 4. The van der Waals surface area contributed by atoms with Crippen molar-refractivity contribution in [3.63, 3.8) is 0 Å². The summed E-state index contributed by atoms with van der Waals surface area (Å²) in [4.78, 5) is 0.0927. The van der Waals surface area contributed by atoms with Crippen LogP contribution in [0.1, 0.15) is 19.3 Å². The Labute approximate surface area is 123 Å². The Morgan fingerprint density at radius 3 is 2.79 bits per heavy atom. The molecular weight excluding hydrogens is 304 g/mol. The van der Waals surface area contributed by atoms with E-state index in [1.54, 1.807) is 17.8 Å². The summed E-state index contributed by atoms with van der Waals surface area (Å²) >= 11 is 7.67. The Hall–Kier alpha value is -0.430. The molecule has 1 aliphatic carbocycles. The van der Waals surface area contributed by atoms with Gasteiger partial charge < -0.3 is 5.73 Å². The molecule has 1 aromatic carbocycles. The van der Waals surface area contributed by atoms with E-state index < -0.39 is 10.0 Å². The van der Waals surface area contributed by atoms with Crippen molar-refractivity contribution >= 4 is 39.1 Å². The van der Waals surface area contributed by atoms with Gasteiger partial charge in [0.1, 0.15) is 4.90 Å². The lowest BCUT2D eigenvalue weighted by molar-refractivity contribution is 0.555. The van der Waals surface area contributed by atoms with Gasteiger partial charge in [-0.3, -0.25) is 0 Å². The Morgan fingerprint density at radius 1 is 1.42 bits per heavy atom. The average molecular weight is 321 g/mol. The molecule has 1 saturated carbocycles. The van der Waals surface area contributed by atoms with E-state index in [1.165, 1.54) is 12.1 Å². The third-order valence-corrected chi connectivity index (χ3v) is 6.45. The van der Waals surface area contributed by atoms with E-state index in [2.05, 4.69) is 4.72 Å². The number of hydrogen-bond acceptors (Lipinski definition) is 4. The monoisotopic (exact) mass is 320 g/mol. The molecule has 0 heterocycles. The molecule has 1 fully saturated rings. The zero-order valence-corrected chi connectivity index (χ0v) is 13.0. The minimum atomic E-state index is -3.58. The molecule has 2 unspecified atom stereocenters. The molecule has 1 aromatic rings. The van der Waals surface area contributed by atoms with E-state index in [0.29, 0.717) is 10.9 Å². The second kappa shape index (κ2) is 5.91. The normalized spacial score (nSPS) is 23.7. The molecule has 4 nitrogen and oxygen atoms in total. The predicted octanol–water partition coefficient (Wildman–Crippen LogP) is 2.48. The lowest BCUT2D eigenvalue weighted by atomic mass is 10.3. The number of halogens is 1. The molecule has 1 aliphatic rings. The molecule has 0 spiro atoms. The number of nitrogens with one attached hydrogen (secondary N) is 1. The van der Waals surface area contributed by atoms with Gasteiger partial charge in [-0.05, 0) is 37.3 Å². The van der Waals surface area contributed by atoms with E-state index in [0.717, 1.165) is 19.3 Å². The highest BCUT2D eigenvalue weighted by Crippen LogP contribution is 2.30. The van der Waals surface area contributed by atoms with Gasteiger partial charge in [-0.1, -0.05) is 18.0 Å². The first-order valence-electron chi connectivity index (χ1n) is 6.04. The van der Waals surface area contributed by atoms with Crippen molar-refractivity contribution in [1.29, 1.82) is 0 Å². The Balaban J connectivity index is 2.23. The smallest absolute Gasteiger partial charge is 0.242 e. The van der Waals surface area contributed by atoms with Gasteiger partial charge in [-0.25, -0.2) is 13.1 Å². The summed E-state index contributed by atoms with van der Waals surface area (Å²) in [5.41, 5.74) is 6.03. The van der Waals surface area contributed by atoms with Gasteiger partial charge in [0, 0.05) is 17.0 Å². The first kappa shape index (κ1) is 15.0. The van der Waals surface area contributed by atoms with Crippen molar-refractivity contribution in [3.8, 4) is 0 Å². The molecule has 2 rings (SSSR count). The van der Waals surface area contributed by atoms with Crippen LogP contribution in [0.4, 0.5) is 5.69 Å². The minimum Gasteiger partial charge on any atom is -0.399 e. The number of hydrogen-bond donors (Lipinski definition) is 2. The van der Waals surface area contributed by atoms with Crippen LogP contribution >= 0.6 is 23.4 Å². The van der Waals surface area contributed by atoms with Crippen LogP contribution in [0.2, 0.25) is 5.02 Å². The quantitative estimate of drug-likeness (QED) is 0.836. The van der Waals surface area contributed by atoms with Crippen LogP contribution in [0.3, 0.4) is 0 Å². The summed E-state index contributed by atoms with van der Waals surface area (Å²) in [6, 6.07) is 4.43. The molecule has 3 N–H and O–H groups in total. The van der Waals surface area contributed by atoms with Gasteiger partial charge in [0.25, 0.3) is 0 Å². The Morgan fingerprint density at radius 2 is 2.16 bits per heavy atom. The van der Waals surface area contributed by atoms with Gasteiger partial charge >= 0.3 is 0 Å². The largest absolute Gasteiger partial charge is 0.399 e. The van der Waals surface area contributed by atoms with Gasteiger partial charge in [0.05, 0.1) is 5.02 Å². The van der Waals surface area contributed by atoms with Crippen LogP contribution in [0.25, 0.3) is 0 Å². The van der Waals surface area contributed by atoms with Crippen molar-refractivity contribution in [2.75, 3.05) is 12.0 Å². The molecule has 19 heavy (non-hydrogen) atoms. The minimum absolute atomic E-state index is 0.0198. The van der Waals surface area contributed by atoms with E-state index in [9.17, 15) is 8.42 Å². The maximum atomic E-state index is 12.3. The number of nitrogens with two attached hydrogens (primary N) is 1. The van der Waals surface area contributed by atoms with Crippen molar-refractivity contribution < 1.29 is 8.42 Å². The molecule has 106 valence electrons. The zero-order chi connectivity index (χ0) is 14.0. The fraction of sp³-hybridized carbons (Fsp3) is 0.500. The van der Waals surface area contributed by atoms with Crippen molar-refractivity contribution in [2.45, 2.75) is 35.4 Å². The second-order valence-corrected chi connectivity index (χ2v) is 7.79. The maximum absolute atomic E-state index is 12.3. The van der Waals surface area contributed by atoms with E-state index in [1.807, 2.05) is 6.26 Å². The van der Waals surface area contributed by atoms with Crippen molar-refractivity contribution in [1.82, 2.24) is 4.72 Å². The van der Waals surface area contributed by atoms with Gasteiger partial charge in [0.2, 0.25) is 10.0 Å². The number of nitrogen functional groups attached to an aromatic ring is 1. The van der Waals surface area contributed by atoms with E-state index in [4.69, 9.17) is 17.3 Å². The molecule has 7 heteroatoms. The van der Waals surface area contributed by atoms with Crippen molar-refractivity contribution in [3.05, 3.63) is 23.2 Å². The summed E-state index contributed by atoms with van der Waals surface area (Å²) in [7, 11) is -3.58. The molecule has 0 aromatic heterocycles. The van der Waals surface area contributed by atoms with E-state index >= 15 is 0 Å². The average Bonchev–Trinajstić information content (AvgIpc) is 2.74. The van der Waals surface area contributed by atoms with Crippen LogP contribution in [0, 0.1) is 0 Å². The SMILES string of the molecule is CSC1CCCC1NS(=O)(=O)c1ccc(N)cc1Cl. The topological polar surface area (TPSA) is 72.2 Å². The fourth-order valence-electron chi connectivity index (χ4n) is 2.34. The first-order chi connectivity index (χ1) is 8.94. The third kappa shape index (κ3) is 3.37. The standard InChI is InChI=1S/C12H17ClN2O2S2/c1-18-11-4-2-3-10(11)15-19(16,17)12-6-5-8(14)7-9(12)13/h5-7,10-11,15H,2-4,14H2,1H3. The summed E-state index contributed by atoms with van der Waals surface area (Å²) in [6.07, 6.45) is 4.97. The number of thioether (sulfide) groups is 1. The highest BCUT2D eigenvalue weighted by atomic mass is 35.5. The fourth-order valence-corrected chi connectivity index (χ4v) is 5.23. The maximum Gasteiger partial charge on any atom is 0.242 e. The third-order valence-electron chi connectivity index (χ3n) is 3.31. The highest BCUT2D eigenvalue weighted by Gasteiger charge is 2.31. The van der Waals surface area contributed by atoms with Crippen molar-refractivity contribution in [2.24, 2.45) is 0 Å². The molecule has 0 saturated heterocycles. The highest BCUT2D eigenvalue weighted by molar-refractivity contribution is 7.99. The van der Waals surface area contributed by atoms with Crippen LogP contribution in [-0.2, 0) is 10.0 Å². The second-order valence-electron chi connectivity index (χ2n) is 4.62. The summed E-state index contributed by atoms with van der Waals surface area (Å²) in [5, 5.41) is 0.494. The van der Waals surface area contributed by atoms with Gasteiger partial charge in [-0.2, -0.15) is 11.8 Å². The molecular formula is C12H17ClN2O2S2. The van der Waals surface area contributed by atoms with Crippen LogP contribution < -0.4 is 10.5 Å². The lowest BCUT2D eigenvalue weighted by Crippen LogP contribution is -2.38. The lowest BCUT2D eigenvalue weighted by Gasteiger charge is -2.19. The van der Waals surface area contributed by atoms with Gasteiger partial charge in [-0.15, -0.1) is 0 Å². The summed E-state index contributed by atoms with van der Waals surface area (Å²) < 4.78 is 27.4. The molecule has 0 bridgehead atoms. The van der Waals surface area contributed by atoms with E-state index in [-0.39, 0.29) is 16.0 Å². The molecule has 0 amide bonds. The van der Waals surface area contributed by atoms with Crippen LogP contribution in [0.15, 0.2) is 23.1 Å². The number of benzene rings is 1. The van der Waals surface area contributed by atoms with Crippen LogP contribution in [-0.4, -0.2) is 26.0 Å². The molecule has 0 radical (unpaired) electrons. The zero-order valence-electron chi connectivity index (χ0n) is 10.6. The first-order valence-corrected chi connectivity index (χ1v) is 9.19. The van der Waals surface area contributed by atoms with Gasteiger partial charge in [0.15, 0.2) is 0 Å². The number of anilines is 1. The predicted molar refractivity (Wildman–Crippen MR) is 81.1 cm³/mol. The molecule has 2 atom stereocenters. The Bertz CT molecular complexity index is 563. The summed E-state index contributed by atoms with van der Waals surface area (Å²) in [5.74, 6) is 0. The Kier molecular flexibility index (Phi) is 4.66. The van der Waals surface area contributed by atoms with Crippen LogP contribution in [0.5, 0.6) is 0 Å². The molecule has 0 aliphatic heterocycles. The number of sulfonamides is 1. The summed E-state index contributed by atoms with van der Waals surface area (Å²) in [6.45, 7) is 0.